The van der Waals surface area contributed by atoms with Crippen molar-refractivity contribution in [2.45, 2.75) is 46.1 Å². The van der Waals surface area contributed by atoms with Crippen molar-refractivity contribution in [2.75, 3.05) is 11.4 Å². The standard InChI is InChI=1S/C16H22N2O2/c1-4-5-15(19)17-14-8-9-18(16(14)20)13-7-6-11(2)12(3)10-13/h6-7,10,14H,4-5,8-9H2,1-3H3,(H,17,19)/t14-/m0/s1. The molecule has 1 heterocycles. The zero-order chi connectivity index (χ0) is 14.7. The number of rotatable bonds is 4. The molecular formula is C16H22N2O2. The third kappa shape index (κ3) is 3.00. The van der Waals surface area contributed by atoms with Crippen LogP contribution in [0, 0.1) is 13.8 Å². The predicted molar refractivity (Wildman–Crippen MR) is 79.7 cm³/mol. The van der Waals surface area contributed by atoms with Crippen LogP contribution in [0.25, 0.3) is 0 Å². The van der Waals surface area contributed by atoms with Crippen LogP contribution in [0.4, 0.5) is 5.69 Å². The number of nitrogens with zero attached hydrogens (tertiary/aromatic N) is 1. The Balaban J connectivity index is 2.07. The van der Waals surface area contributed by atoms with Gasteiger partial charge in [-0.25, -0.2) is 0 Å². The predicted octanol–water partition coefficient (Wildman–Crippen LogP) is 2.33. The molecule has 2 rings (SSSR count). The molecule has 0 aliphatic carbocycles. The summed E-state index contributed by atoms with van der Waals surface area (Å²) < 4.78 is 0. The van der Waals surface area contributed by atoms with Crippen molar-refractivity contribution in [3.8, 4) is 0 Å². The first-order valence-electron chi connectivity index (χ1n) is 7.21. The van der Waals surface area contributed by atoms with E-state index in [1.807, 2.05) is 32.0 Å². The van der Waals surface area contributed by atoms with Crippen LogP contribution in [-0.2, 0) is 9.59 Å². The monoisotopic (exact) mass is 274 g/mol. The molecule has 1 aliphatic heterocycles. The van der Waals surface area contributed by atoms with Crippen molar-refractivity contribution in [2.24, 2.45) is 0 Å². The Bertz CT molecular complexity index is 525. The number of hydrogen-bond donors (Lipinski definition) is 1. The summed E-state index contributed by atoms with van der Waals surface area (Å²) in [5.41, 5.74) is 3.31. The molecule has 0 bridgehead atoms. The van der Waals surface area contributed by atoms with E-state index in [4.69, 9.17) is 0 Å². The third-order valence-electron chi connectivity index (χ3n) is 3.82. The highest BCUT2D eigenvalue weighted by Gasteiger charge is 2.33. The van der Waals surface area contributed by atoms with Crippen LogP contribution < -0.4 is 10.2 Å². The Morgan fingerprint density at radius 3 is 2.75 bits per heavy atom. The fourth-order valence-electron chi connectivity index (χ4n) is 2.46. The number of anilines is 1. The molecule has 1 aromatic rings. The maximum absolute atomic E-state index is 12.4. The van der Waals surface area contributed by atoms with E-state index in [2.05, 4.69) is 12.2 Å². The van der Waals surface area contributed by atoms with Crippen molar-refractivity contribution in [3.63, 3.8) is 0 Å². The number of nitrogens with one attached hydrogen (secondary N) is 1. The van der Waals surface area contributed by atoms with Crippen molar-refractivity contribution in [3.05, 3.63) is 29.3 Å². The average molecular weight is 274 g/mol. The maximum Gasteiger partial charge on any atom is 0.249 e. The molecule has 20 heavy (non-hydrogen) atoms. The van der Waals surface area contributed by atoms with Crippen LogP contribution in [0.3, 0.4) is 0 Å². The maximum atomic E-state index is 12.4. The van der Waals surface area contributed by atoms with Crippen LogP contribution >= 0.6 is 0 Å². The second kappa shape index (κ2) is 6.07. The summed E-state index contributed by atoms with van der Waals surface area (Å²) in [5.74, 6) is -0.0366. The normalized spacial score (nSPS) is 18.4. The molecule has 0 spiro atoms. The molecule has 4 nitrogen and oxygen atoms in total. The number of carbonyl (C=O) groups is 2. The smallest absolute Gasteiger partial charge is 0.249 e. The van der Waals surface area contributed by atoms with Gasteiger partial charge in [0.15, 0.2) is 0 Å². The van der Waals surface area contributed by atoms with Crippen LogP contribution in [0.1, 0.15) is 37.3 Å². The fraction of sp³-hybridized carbons (Fsp3) is 0.500. The molecule has 1 fully saturated rings. The van der Waals surface area contributed by atoms with Gasteiger partial charge in [-0.1, -0.05) is 13.0 Å². The lowest BCUT2D eigenvalue weighted by molar-refractivity contribution is -0.126. The fourth-order valence-corrected chi connectivity index (χ4v) is 2.46. The molecule has 1 atom stereocenters. The van der Waals surface area contributed by atoms with Gasteiger partial charge in [0, 0.05) is 18.7 Å². The SMILES string of the molecule is CCCC(=O)N[C@H]1CCN(c2ccc(C)c(C)c2)C1=O. The van der Waals surface area contributed by atoms with Crippen LogP contribution in [0.15, 0.2) is 18.2 Å². The molecule has 0 unspecified atom stereocenters. The summed E-state index contributed by atoms with van der Waals surface area (Å²) in [6, 6.07) is 5.66. The van der Waals surface area contributed by atoms with Gasteiger partial charge in [-0.2, -0.15) is 0 Å². The van der Waals surface area contributed by atoms with Crippen LogP contribution in [-0.4, -0.2) is 24.4 Å². The minimum Gasteiger partial charge on any atom is -0.344 e. The number of hydrogen-bond acceptors (Lipinski definition) is 2. The summed E-state index contributed by atoms with van der Waals surface area (Å²) in [6.45, 7) is 6.72. The number of aryl methyl sites for hydroxylation is 2. The molecule has 2 amide bonds. The summed E-state index contributed by atoms with van der Waals surface area (Å²) in [4.78, 5) is 25.7. The Hall–Kier alpha value is -1.84. The lowest BCUT2D eigenvalue weighted by atomic mass is 10.1. The molecule has 1 aromatic carbocycles. The molecule has 0 saturated carbocycles. The van der Waals surface area contributed by atoms with Gasteiger partial charge in [-0.3, -0.25) is 9.59 Å². The van der Waals surface area contributed by atoms with Gasteiger partial charge in [-0.05, 0) is 49.9 Å². The largest absolute Gasteiger partial charge is 0.344 e. The second-order valence-electron chi connectivity index (χ2n) is 5.42. The quantitative estimate of drug-likeness (QED) is 0.916. The third-order valence-corrected chi connectivity index (χ3v) is 3.82. The van der Waals surface area contributed by atoms with E-state index in [1.165, 1.54) is 11.1 Å². The summed E-state index contributed by atoms with van der Waals surface area (Å²) in [6.07, 6.45) is 1.96. The molecule has 0 aromatic heterocycles. The van der Waals surface area contributed by atoms with Gasteiger partial charge in [0.05, 0.1) is 0 Å². The summed E-state index contributed by atoms with van der Waals surface area (Å²) in [7, 11) is 0. The first-order chi connectivity index (χ1) is 9.52. The summed E-state index contributed by atoms with van der Waals surface area (Å²) >= 11 is 0. The van der Waals surface area contributed by atoms with Gasteiger partial charge in [-0.15, -0.1) is 0 Å². The minimum atomic E-state index is -0.365. The van der Waals surface area contributed by atoms with Gasteiger partial charge in [0.2, 0.25) is 11.8 Å². The van der Waals surface area contributed by atoms with Gasteiger partial charge in [0.25, 0.3) is 0 Å². The number of carbonyl (C=O) groups excluding carboxylic acids is 2. The first-order valence-corrected chi connectivity index (χ1v) is 7.21. The van der Waals surface area contributed by atoms with Crippen LogP contribution in [0.2, 0.25) is 0 Å². The van der Waals surface area contributed by atoms with E-state index in [9.17, 15) is 9.59 Å². The molecule has 1 N–H and O–H groups in total. The van der Waals surface area contributed by atoms with E-state index in [-0.39, 0.29) is 17.9 Å². The Morgan fingerprint density at radius 2 is 2.10 bits per heavy atom. The lowest BCUT2D eigenvalue weighted by Crippen LogP contribution is -2.41. The highest BCUT2D eigenvalue weighted by molar-refractivity contribution is 6.01. The number of amides is 2. The van der Waals surface area contributed by atoms with Gasteiger partial charge < -0.3 is 10.2 Å². The lowest BCUT2D eigenvalue weighted by Gasteiger charge is -2.18. The van der Waals surface area contributed by atoms with Crippen molar-refractivity contribution in [1.82, 2.24) is 5.32 Å². The van der Waals surface area contributed by atoms with E-state index in [1.54, 1.807) is 4.90 Å². The first kappa shape index (κ1) is 14.6. The van der Waals surface area contributed by atoms with Crippen molar-refractivity contribution in [1.29, 1.82) is 0 Å². The van der Waals surface area contributed by atoms with Crippen molar-refractivity contribution >= 4 is 17.5 Å². The summed E-state index contributed by atoms with van der Waals surface area (Å²) in [5, 5.41) is 2.83. The highest BCUT2D eigenvalue weighted by Crippen LogP contribution is 2.24. The highest BCUT2D eigenvalue weighted by atomic mass is 16.2. The Labute approximate surface area is 120 Å². The van der Waals surface area contributed by atoms with E-state index >= 15 is 0 Å². The Morgan fingerprint density at radius 1 is 1.35 bits per heavy atom. The van der Waals surface area contributed by atoms with E-state index in [0.29, 0.717) is 19.4 Å². The molecule has 4 heteroatoms. The topological polar surface area (TPSA) is 49.4 Å². The average Bonchev–Trinajstić information content (AvgIpc) is 2.75. The van der Waals surface area contributed by atoms with Crippen molar-refractivity contribution < 1.29 is 9.59 Å². The zero-order valence-corrected chi connectivity index (χ0v) is 12.4. The second-order valence-corrected chi connectivity index (χ2v) is 5.42. The van der Waals surface area contributed by atoms with Gasteiger partial charge in [0.1, 0.15) is 6.04 Å². The van der Waals surface area contributed by atoms with Crippen LogP contribution in [0.5, 0.6) is 0 Å². The Kier molecular flexibility index (Phi) is 4.42. The molecule has 108 valence electrons. The van der Waals surface area contributed by atoms with Gasteiger partial charge >= 0.3 is 0 Å². The number of benzene rings is 1. The molecule has 0 radical (unpaired) electrons. The molecule has 1 aliphatic rings. The zero-order valence-electron chi connectivity index (χ0n) is 12.4. The molecular weight excluding hydrogens is 252 g/mol. The minimum absolute atomic E-state index is 0.00212. The van der Waals surface area contributed by atoms with E-state index in [0.717, 1.165) is 12.1 Å². The van der Waals surface area contributed by atoms with E-state index < -0.39 is 0 Å². The molecule has 1 saturated heterocycles.